The molecular weight excluding hydrogens is 240 g/mol. The minimum atomic E-state index is -1.16. The number of non-ortho nitro benzene ring substituents is 1. The summed E-state index contributed by atoms with van der Waals surface area (Å²) in [7, 11) is 1.46. The lowest BCUT2D eigenvalue weighted by Crippen LogP contribution is -2.06. The maximum atomic E-state index is 11.0. The van der Waals surface area contributed by atoms with E-state index >= 15 is 0 Å². The Kier molecular flexibility index (Phi) is 2.76. The first-order valence-electron chi connectivity index (χ1n) is 4.88. The van der Waals surface area contributed by atoms with E-state index < -0.39 is 10.9 Å². The van der Waals surface area contributed by atoms with Crippen LogP contribution in [0.4, 0.5) is 5.69 Å². The predicted molar refractivity (Wildman–Crippen MR) is 60.1 cm³/mol. The van der Waals surface area contributed by atoms with Gasteiger partial charge in [0, 0.05) is 24.7 Å². The highest BCUT2D eigenvalue weighted by molar-refractivity contribution is 5.92. The maximum Gasteiger partial charge on any atom is 0.356 e. The topological polar surface area (TPSA) is 111 Å². The van der Waals surface area contributed by atoms with Crippen LogP contribution in [0.5, 0.6) is 0 Å². The molecule has 2 aromatic rings. The van der Waals surface area contributed by atoms with Gasteiger partial charge >= 0.3 is 5.97 Å². The van der Waals surface area contributed by atoms with Crippen molar-refractivity contribution in [3.8, 4) is 11.3 Å². The molecule has 0 fully saturated rings. The molecule has 8 heteroatoms. The second-order valence-electron chi connectivity index (χ2n) is 3.52. The van der Waals surface area contributed by atoms with Crippen molar-refractivity contribution in [2.75, 3.05) is 0 Å². The molecule has 8 nitrogen and oxygen atoms in total. The zero-order chi connectivity index (χ0) is 13.3. The van der Waals surface area contributed by atoms with Crippen LogP contribution in [0.3, 0.4) is 0 Å². The monoisotopic (exact) mass is 248 g/mol. The first-order chi connectivity index (χ1) is 8.50. The quantitative estimate of drug-likeness (QED) is 0.642. The van der Waals surface area contributed by atoms with E-state index in [1.807, 2.05) is 0 Å². The SMILES string of the molecule is Cn1nnc(-c2ccc([N+](=O)[O-])cc2)c1C(=O)O. The van der Waals surface area contributed by atoms with Crippen LogP contribution in [-0.4, -0.2) is 31.0 Å². The van der Waals surface area contributed by atoms with E-state index in [1.54, 1.807) is 0 Å². The van der Waals surface area contributed by atoms with Crippen molar-refractivity contribution in [1.29, 1.82) is 0 Å². The largest absolute Gasteiger partial charge is 0.476 e. The molecule has 18 heavy (non-hydrogen) atoms. The van der Waals surface area contributed by atoms with Crippen molar-refractivity contribution >= 4 is 11.7 Å². The van der Waals surface area contributed by atoms with Crippen molar-refractivity contribution in [3.63, 3.8) is 0 Å². The molecule has 2 rings (SSSR count). The maximum absolute atomic E-state index is 11.0. The number of aromatic nitrogens is 3. The Balaban J connectivity index is 2.49. The van der Waals surface area contributed by atoms with Crippen LogP contribution in [-0.2, 0) is 7.05 Å². The molecular formula is C10H8N4O4. The first kappa shape index (κ1) is 11.7. The molecule has 1 heterocycles. The van der Waals surface area contributed by atoms with Crippen molar-refractivity contribution < 1.29 is 14.8 Å². The van der Waals surface area contributed by atoms with Crippen LogP contribution in [0.1, 0.15) is 10.5 Å². The number of nitro benzene ring substituents is 1. The first-order valence-corrected chi connectivity index (χ1v) is 4.88. The van der Waals surface area contributed by atoms with Crippen molar-refractivity contribution in [1.82, 2.24) is 15.0 Å². The smallest absolute Gasteiger partial charge is 0.356 e. The fraction of sp³-hybridized carbons (Fsp3) is 0.100. The molecule has 0 aliphatic rings. The molecule has 0 atom stereocenters. The second kappa shape index (κ2) is 4.24. The van der Waals surface area contributed by atoms with E-state index in [-0.39, 0.29) is 17.1 Å². The van der Waals surface area contributed by atoms with E-state index in [0.717, 1.165) is 4.68 Å². The molecule has 0 saturated carbocycles. The Morgan fingerprint density at radius 1 is 1.39 bits per heavy atom. The Morgan fingerprint density at radius 2 is 2.00 bits per heavy atom. The van der Waals surface area contributed by atoms with Gasteiger partial charge < -0.3 is 5.11 Å². The average molecular weight is 248 g/mol. The highest BCUT2D eigenvalue weighted by Crippen LogP contribution is 2.23. The summed E-state index contributed by atoms with van der Waals surface area (Å²) in [5.74, 6) is -1.16. The molecule has 0 spiro atoms. The van der Waals surface area contributed by atoms with E-state index in [2.05, 4.69) is 10.3 Å². The third kappa shape index (κ3) is 1.90. The van der Waals surface area contributed by atoms with E-state index in [4.69, 9.17) is 5.11 Å². The van der Waals surface area contributed by atoms with Crippen molar-refractivity contribution in [3.05, 3.63) is 40.1 Å². The minimum absolute atomic E-state index is 0.0659. The Hall–Kier alpha value is -2.77. The van der Waals surface area contributed by atoms with Gasteiger partial charge in [0.1, 0.15) is 5.69 Å². The summed E-state index contributed by atoms with van der Waals surface area (Å²) >= 11 is 0. The Morgan fingerprint density at radius 3 is 2.50 bits per heavy atom. The number of carboxylic acids is 1. The molecule has 0 saturated heterocycles. The van der Waals surface area contributed by atoms with Gasteiger partial charge in [-0.1, -0.05) is 5.21 Å². The van der Waals surface area contributed by atoms with E-state index in [9.17, 15) is 14.9 Å². The number of hydrogen-bond acceptors (Lipinski definition) is 5. The summed E-state index contributed by atoms with van der Waals surface area (Å²) in [6.07, 6.45) is 0. The number of hydrogen-bond donors (Lipinski definition) is 1. The molecule has 0 bridgehead atoms. The number of aryl methyl sites for hydroxylation is 1. The molecule has 0 aliphatic carbocycles. The van der Waals surface area contributed by atoms with Crippen LogP contribution in [0, 0.1) is 10.1 Å². The summed E-state index contributed by atoms with van der Waals surface area (Å²) in [6.45, 7) is 0. The number of carboxylic acid groups (broad SMARTS) is 1. The zero-order valence-electron chi connectivity index (χ0n) is 9.27. The summed E-state index contributed by atoms with van der Waals surface area (Å²) in [4.78, 5) is 21.0. The Bertz CT molecular complexity index is 617. The lowest BCUT2D eigenvalue weighted by molar-refractivity contribution is -0.384. The summed E-state index contributed by atoms with van der Waals surface area (Å²) in [6, 6.07) is 5.45. The van der Waals surface area contributed by atoms with Crippen LogP contribution in [0.15, 0.2) is 24.3 Å². The highest BCUT2D eigenvalue weighted by atomic mass is 16.6. The van der Waals surface area contributed by atoms with Crippen molar-refractivity contribution in [2.24, 2.45) is 7.05 Å². The predicted octanol–water partition coefficient (Wildman–Crippen LogP) is 1.09. The molecule has 1 aromatic heterocycles. The minimum Gasteiger partial charge on any atom is -0.476 e. The van der Waals surface area contributed by atoms with Crippen LogP contribution in [0.25, 0.3) is 11.3 Å². The number of rotatable bonds is 3. The van der Waals surface area contributed by atoms with Crippen molar-refractivity contribution in [2.45, 2.75) is 0 Å². The van der Waals surface area contributed by atoms with Gasteiger partial charge in [-0.15, -0.1) is 5.10 Å². The number of benzene rings is 1. The lowest BCUT2D eigenvalue weighted by Gasteiger charge is -1.99. The third-order valence-electron chi connectivity index (χ3n) is 2.38. The van der Waals surface area contributed by atoms with Gasteiger partial charge in [-0.2, -0.15) is 0 Å². The Labute approximate surface area is 101 Å². The van der Waals surface area contributed by atoms with Crippen LogP contribution in [0.2, 0.25) is 0 Å². The average Bonchev–Trinajstić information content (AvgIpc) is 2.71. The molecule has 0 radical (unpaired) electrons. The highest BCUT2D eigenvalue weighted by Gasteiger charge is 2.19. The molecule has 0 aliphatic heterocycles. The van der Waals surface area contributed by atoms with Gasteiger partial charge in [0.2, 0.25) is 0 Å². The van der Waals surface area contributed by atoms with Gasteiger partial charge in [-0.05, 0) is 12.1 Å². The summed E-state index contributed by atoms with van der Waals surface area (Å²) in [5, 5.41) is 26.9. The summed E-state index contributed by atoms with van der Waals surface area (Å²) < 4.78 is 1.14. The van der Waals surface area contributed by atoms with Gasteiger partial charge in [-0.3, -0.25) is 10.1 Å². The second-order valence-corrected chi connectivity index (χ2v) is 3.52. The van der Waals surface area contributed by atoms with Gasteiger partial charge in [0.15, 0.2) is 5.69 Å². The van der Waals surface area contributed by atoms with E-state index in [1.165, 1.54) is 31.3 Å². The normalized spacial score (nSPS) is 10.3. The van der Waals surface area contributed by atoms with Crippen LogP contribution >= 0.6 is 0 Å². The molecule has 1 aromatic carbocycles. The van der Waals surface area contributed by atoms with Gasteiger partial charge in [-0.25, -0.2) is 9.48 Å². The number of nitro groups is 1. The fourth-order valence-corrected chi connectivity index (χ4v) is 1.53. The van der Waals surface area contributed by atoms with Crippen LogP contribution < -0.4 is 0 Å². The molecule has 1 N–H and O–H groups in total. The van der Waals surface area contributed by atoms with Gasteiger partial charge in [0.25, 0.3) is 5.69 Å². The fourth-order valence-electron chi connectivity index (χ4n) is 1.53. The van der Waals surface area contributed by atoms with Gasteiger partial charge in [0.05, 0.1) is 4.92 Å². The number of aromatic carboxylic acids is 1. The standard InChI is InChI=1S/C10H8N4O4/c1-13-9(10(15)16)8(11-12-13)6-2-4-7(5-3-6)14(17)18/h2-5H,1H3,(H,15,16). The number of carbonyl (C=O) groups is 1. The lowest BCUT2D eigenvalue weighted by atomic mass is 10.1. The zero-order valence-corrected chi connectivity index (χ0v) is 9.27. The third-order valence-corrected chi connectivity index (χ3v) is 2.38. The van der Waals surface area contributed by atoms with E-state index in [0.29, 0.717) is 5.56 Å². The molecule has 0 amide bonds. The number of nitrogens with zero attached hydrogens (tertiary/aromatic N) is 4. The summed E-state index contributed by atoms with van der Waals surface area (Å²) in [5.41, 5.74) is 0.509. The molecule has 0 unspecified atom stereocenters. The molecule has 92 valence electrons.